The van der Waals surface area contributed by atoms with E-state index in [4.69, 9.17) is 9.47 Å². The SMILES string of the molecule is CCOC(=O)Oc1ccccc1C(=O)Nc1ncc(NI=O)s1. The molecular weight excluding hydrogens is 437 g/mol. The molecular formula is C13H12IN3O5S. The second-order valence-electron chi connectivity index (χ2n) is 3.94. The van der Waals surface area contributed by atoms with Gasteiger partial charge in [-0.1, -0.05) is 23.5 Å². The molecule has 0 spiro atoms. The summed E-state index contributed by atoms with van der Waals surface area (Å²) in [5.41, 5.74) is 0.168. The lowest BCUT2D eigenvalue weighted by molar-refractivity contribution is 0.0994. The van der Waals surface area contributed by atoms with Crippen LogP contribution in [0.15, 0.2) is 30.5 Å². The predicted octanol–water partition coefficient (Wildman–Crippen LogP) is 3.57. The quantitative estimate of drug-likeness (QED) is 0.301. The van der Waals surface area contributed by atoms with Crippen molar-refractivity contribution in [2.45, 2.75) is 6.92 Å². The molecule has 1 aromatic carbocycles. The van der Waals surface area contributed by atoms with Crippen molar-refractivity contribution in [2.75, 3.05) is 15.5 Å². The van der Waals surface area contributed by atoms with Gasteiger partial charge in [0.2, 0.25) is 0 Å². The lowest BCUT2D eigenvalue weighted by Crippen LogP contribution is -2.16. The molecule has 0 aliphatic carbocycles. The normalized spacial score (nSPS) is 9.96. The topological polar surface area (TPSA) is 107 Å². The number of carbonyl (C=O) groups excluding carboxylic acids is 2. The summed E-state index contributed by atoms with van der Waals surface area (Å²) in [6, 6.07) is 6.28. The third-order valence-electron chi connectivity index (χ3n) is 2.45. The highest BCUT2D eigenvalue weighted by atomic mass is 127. The number of amides is 1. The summed E-state index contributed by atoms with van der Waals surface area (Å²) in [5.74, 6) is -0.397. The molecule has 2 aromatic rings. The van der Waals surface area contributed by atoms with Gasteiger partial charge >= 0.3 is 6.16 Å². The van der Waals surface area contributed by atoms with E-state index in [1.54, 1.807) is 19.1 Å². The maximum Gasteiger partial charge on any atom is 0.513 e. The van der Waals surface area contributed by atoms with Crippen LogP contribution in [0.3, 0.4) is 0 Å². The number of nitrogens with zero attached hydrogens (tertiary/aromatic N) is 1. The van der Waals surface area contributed by atoms with Crippen LogP contribution in [0.5, 0.6) is 5.75 Å². The summed E-state index contributed by atoms with van der Waals surface area (Å²) in [6.07, 6.45) is 0.590. The molecule has 0 unspecified atom stereocenters. The predicted molar refractivity (Wildman–Crippen MR) is 92.5 cm³/mol. The Balaban J connectivity index is 2.12. The number of rotatable bonds is 6. The number of carbonyl (C=O) groups is 2. The lowest BCUT2D eigenvalue weighted by atomic mass is 10.2. The molecule has 2 N–H and O–H groups in total. The average molecular weight is 449 g/mol. The van der Waals surface area contributed by atoms with E-state index >= 15 is 0 Å². The maximum atomic E-state index is 12.3. The summed E-state index contributed by atoms with van der Waals surface area (Å²) in [6.45, 7) is 1.82. The van der Waals surface area contributed by atoms with E-state index in [1.807, 2.05) is 0 Å². The van der Waals surface area contributed by atoms with E-state index in [9.17, 15) is 12.7 Å². The van der Waals surface area contributed by atoms with Gasteiger partial charge in [-0.25, -0.2) is 12.8 Å². The fourth-order valence-electron chi connectivity index (χ4n) is 1.56. The molecule has 0 fully saturated rings. The van der Waals surface area contributed by atoms with E-state index in [-0.39, 0.29) is 17.9 Å². The third kappa shape index (κ3) is 4.96. The number of hydrogen-bond acceptors (Lipinski definition) is 7. The van der Waals surface area contributed by atoms with E-state index < -0.39 is 33.5 Å². The highest BCUT2D eigenvalue weighted by Crippen LogP contribution is 2.26. The number of thiazole rings is 1. The van der Waals surface area contributed by atoms with Crippen LogP contribution in [0.1, 0.15) is 17.3 Å². The molecule has 0 aliphatic rings. The van der Waals surface area contributed by atoms with Crippen molar-refractivity contribution < 1.29 is 22.1 Å². The standard InChI is InChI=1S/C13H12IN3O5S/c1-2-21-13(19)22-9-6-4-3-5-8(9)11(18)16-12-15-7-10(23-12)17-14-20/h3-7H,2H2,1H3,(H,17,20)(H,15,16,18). The molecule has 0 saturated carbocycles. The van der Waals surface area contributed by atoms with Crippen molar-refractivity contribution in [1.82, 2.24) is 4.98 Å². The van der Waals surface area contributed by atoms with Gasteiger partial charge in [0.05, 0.1) is 18.4 Å². The molecule has 1 amide bonds. The first-order valence-corrected chi connectivity index (χ1v) is 9.14. The van der Waals surface area contributed by atoms with Crippen LogP contribution >= 0.6 is 32.8 Å². The molecule has 0 aliphatic heterocycles. The molecule has 1 aromatic heterocycles. The van der Waals surface area contributed by atoms with Crippen molar-refractivity contribution >= 4 is 55.0 Å². The van der Waals surface area contributed by atoms with E-state index in [0.29, 0.717) is 10.1 Å². The minimum Gasteiger partial charge on any atom is -0.434 e. The molecule has 23 heavy (non-hydrogen) atoms. The van der Waals surface area contributed by atoms with Crippen LogP contribution in [0.2, 0.25) is 0 Å². The van der Waals surface area contributed by atoms with Gasteiger partial charge in [0.25, 0.3) is 27.4 Å². The van der Waals surface area contributed by atoms with Gasteiger partial charge in [-0.2, -0.15) is 0 Å². The summed E-state index contributed by atoms with van der Waals surface area (Å²) in [4.78, 5) is 27.7. The molecule has 10 heteroatoms. The first-order valence-electron chi connectivity index (χ1n) is 6.37. The zero-order valence-corrected chi connectivity index (χ0v) is 14.8. The second kappa shape index (κ2) is 8.53. The van der Waals surface area contributed by atoms with Crippen LogP contribution < -0.4 is 13.6 Å². The van der Waals surface area contributed by atoms with Gasteiger partial charge in [0, 0.05) is 0 Å². The van der Waals surface area contributed by atoms with Gasteiger partial charge in [-0.15, -0.1) is 0 Å². The number of anilines is 2. The number of nitrogens with one attached hydrogen (secondary N) is 2. The number of aromatic nitrogens is 1. The lowest BCUT2D eigenvalue weighted by Gasteiger charge is -2.09. The van der Waals surface area contributed by atoms with E-state index in [1.165, 1.54) is 18.3 Å². The number of halogens is 1. The summed E-state index contributed by atoms with van der Waals surface area (Å²) in [5, 5.41) is 3.52. The molecule has 8 nitrogen and oxygen atoms in total. The maximum absolute atomic E-state index is 12.3. The van der Waals surface area contributed by atoms with Gasteiger partial charge in [0.1, 0.15) is 10.8 Å². The van der Waals surface area contributed by atoms with Crippen molar-refractivity contribution in [3.63, 3.8) is 0 Å². The minimum absolute atomic E-state index is 0.0868. The second-order valence-corrected chi connectivity index (χ2v) is 5.95. The largest absolute Gasteiger partial charge is 0.513 e. The van der Waals surface area contributed by atoms with Crippen molar-refractivity contribution in [3.05, 3.63) is 36.0 Å². The summed E-state index contributed by atoms with van der Waals surface area (Å²) in [7, 11) is 0. The Morgan fingerprint density at radius 2 is 2.13 bits per heavy atom. The first-order chi connectivity index (χ1) is 11.1. The van der Waals surface area contributed by atoms with Crippen LogP contribution in [-0.2, 0) is 7.81 Å². The van der Waals surface area contributed by atoms with Crippen molar-refractivity contribution in [2.24, 2.45) is 0 Å². The Morgan fingerprint density at radius 1 is 1.35 bits per heavy atom. The molecule has 0 saturated heterocycles. The molecule has 122 valence electrons. The Hall–Kier alpha value is -2.08. The molecule has 2 rings (SSSR count). The molecule has 0 radical (unpaired) electrons. The van der Waals surface area contributed by atoms with Crippen molar-refractivity contribution in [1.29, 1.82) is 0 Å². The van der Waals surface area contributed by atoms with Gasteiger partial charge in [-0.3, -0.25) is 13.6 Å². The first kappa shape index (κ1) is 17.3. The number of para-hydroxylation sites is 1. The van der Waals surface area contributed by atoms with Crippen LogP contribution in [-0.4, -0.2) is 23.7 Å². The summed E-state index contributed by atoms with van der Waals surface area (Å²) < 4.78 is 22.9. The molecule has 0 bridgehead atoms. The average Bonchev–Trinajstić information content (AvgIpc) is 2.95. The van der Waals surface area contributed by atoms with E-state index in [0.717, 1.165) is 11.3 Å². The highest BCUT2D eigenvalue weighted by Gasteiger charge is 2.16. The Morgan fingerprint density at radius 3 is 2.87 bits per heavy atom. The highest BCUT2D eigenvalue weighted by molar-refractivity contribution is 14.1. The number of benzene rings is 1. The fraction of sp³-hybridized carbons (Fsp3) is 0.154. The zero-order chi connectivity index (χ0) is 16.7. The fourth-order valence-corrected chi connectivity index (χ4v) is 3.06. The van der Waals surface area contributed by atoms with Crippen molar-refractivity contribution in [3.8, 4) is 5.75 Å². The zero-order valence-electron chi connectivity index (χ0n) is 11.9. The Bertz CT molecular complexity index is 721. The Kier molecular flexibility index (Phi) is 6.40. The van der Waals surface area contributed by atoms with Crippen LogP contribution in [0.25, 0.3) is 0 Å². The smallest absolute Gasteiger partial charge is 0.434 e. The van der Waals surface area contributed by atoms with Crippen LogP contribution in [0.4, 0.5) is 14.9 Å². The van der Waals surface area contributed by atoms with Crippen LogP contribution in [0, 0.1) is 0 Å². The molecule has 0 atom stereocenters. The van der Waals surface area contributed by atoms with E-state index in [2.05, 4.69) is 13.8 Å². The Labute approximate surface area is 146 Å². The van der Waals surface area contributed by atoms with Gasteiger partial charge in [0.15, 0.2) is 5.13 Å². The third-order valence-corrected chi connectivity index (χ3v) is 4.44. The number of ether oxygens (including phenoxy) is 2. The summed E-state index contributed by atoms with van der Waals surface area (Å²) >= 11 is -0.207. The monoisotopic (exact) mass is 449 g/mol. The van der Waals surface area contributed by atoms with Gasteiger partial charge < -0.3 is 9.47 Å². The number of hydrogen-bond donors (Lipinski definition) is 2. The van der Waals surface area contributed by atoms with Gasteiger partial charge in [-0.05, 0) is 19.1 Å². The molecule has 1 heterocycles. The minimum atomic E-state index is -1.36.